The topological polar surface area (TPSA) is 67.9 Å². The molecule has 1 N–H and O–H groups in total. The van der Waals surface area contributed by atoms with Gasteiger partial charge in [0, 0.05) is 36.0 Å². The molecule has 0 unspecified atom stereocenters. The number of ether oxygens (including phenoxy) is 2. The lowest BCUT2D eigenvalue weighted by atomic mass is 10.1. The Bertz CT molecular complexity index is 834. The minimum atomic E-state index is -0.231. The molecule has 6 nitrogen and oxygen atoms in total. The minimum Gasteiger partial charge on any atom is -0.486 e. The van der Waals surface area contributed by atoms with Crippen LogP contribution in [0.15, 0.2) is 42.5 Å². The first kappa shape index (κ1) is 15.5. The lowest BCUT2D eigenvalue weighted by Gasteiger charge is -2.19. The van der Waals surface area contributed by atoms with Crippen LogP contribution in [0, 0.1) is 0 Å². The first-order valence-electron chi connectivity index (χ1n) is 8.32. The highest BCUT2D eigenvalue weighted by Gasteiger charge is 2.22. The lowest BCUT2D eigenvalue weighted by molar-refractivity contribution is -0.117. The van der Waals surface area contributed by atoms with E-state index in [1.54, 1.807) is 41.3 Å². The van der Waals surface area contributed by atoms with E-state index in [1.165, 1.54) is 0 Å². The van der Waals surface area contributed by atoms with E-state index in [0.29, 0.717) is 48.9 Å². The number of anilines is 2. The number of carbonyl (C=O) groups excluding carboxylic acids is 2. The molecule has 2 heterocycles. The fourth-order valence-corrected chi connectivity index (χ4v) is 3.06. The Morgan fingerprint density at radius 2 is 1.88 bits per heavy atom. The number of hydrogen-bond donors (Lipinski definition) is 1. The molecule has 1 saturated heterocycles. The molecule has 0 radical (unpaired) electrons. The molecule has 0 spiro atoms. The van der Waals surface area contributed by atoms with Crippen LogP contribution in [0.25, 0.3) is 0 Å². The Labute approximate surface area is 145 Å². The van der Waals surface area contributed by atoms with E-state index in [-0.39, 0.29) is 11.8 Å². The van der Waals surface area contributed by atoms with Gasteiger partial charge in [-0.25, -0.2) is 0 Å². The van der Waals surface area contributed by atoms with Crippen LogP contribution in [0.1, 0.15) is 23.2 Å². The summed E-state index contributed by atoms with van der Waals surface area (Å²) in [6.45, 7) is 1.73. The van der Waals surface area contributed by atoms with Crippen molar-refractivity contribution in [2.75, 3.05) is 30.0 Å². The average Bonchev–Trinajstić information content (AvgIpc) is 3.08. The van der Waals surface area contributed by atoms with Crippen LogP contribution in [-0.4, -0.2) is 31.6 Å². The van der Waals surface area contributed by atoms with Gasteiger partial charge in [0.1, 0.15) is 13.2 Å². The number of amides is 2. The van der Waals surface area contributed by atoms with Crippen molar-refractivity contribution in [2.45, 2.75) is 12.8 Å². The smallest absolute Gasteiger partial charge is 0.255 e. The second-order valence-electron chi connectivity index (χ2n) is 6.01. The Hall–Kier alpha value is -3.02. The van der Waals surface area contributed by atoms with Crippen molar-refractivity contribution in [3.8, 4) is 11.5 Å². The average molecular weight is 338 g/mol. The Morgan fingerprint density at radius 1 is 1.04 bits per heavy atom. The fourth-order valence-electron chi connectivity index (χ4n) is 3.06. The first-order valence-corrected chi connectivity index (χ1v) is 8.32. The summed E-state index contributed by atoms with van der Waals surface area (Å²) in [7, 11) is 0. The van der Waals surface area contributed by atoms with Gasteiger partial charge < -0.3 is 19.7 Å². The Kier molecular flexibility index (Phi) is 4.01. The molecule has 2 aromatic carbocycles. The summed E-state index contributed by atoms with van der Waals surface area (Å²) < 4.78 is 11.0. The van der Waals surface area contributed by atoms with Crippen LogP contribution >= 0.6 is 0 Å². The molecule has 2 amide bonds. The third-order valence-electron chi connectivity index (χ3n) is 4.29. The second kappa shape index (κ2) is 6.47. The van der Waals surface area contributed by atoms with E-state index in [9.17, 15) is 9.59 Å². The monoisotopic (exact) mass is 338 g/mol. The number of nitrogens with zero attached hydrogens (tertiary/aromatic N) is 1. The Balaban J connectivity index is 1.52. The molecule has 25 heavy (non-hydrogen) atoms. The van der Waals surface area contributed by atoms with E-state index >= 15 is 0 Å². The number of carbonyl (C=O) groups is 2. The molecule has 2 aliphatic rings. The molecule has 6 heteroatoms. The molecule has 2 aromatic rings. The van der Waals surface area contributed by atoms with Gasteiger partial charge in [-0.2, -0.15) is 0 Å². The molecule has 0 atom stereocenters. The SMILES string of the molecule is O=C(Nc1ccc2c(c1)OCCO2)c1cccc(N2CCCC2=O)c1. The van der Waals surface area contributed by atoms with E-state index in [4.69, 9.17) is 9.47 Å². The molecular weight excluding hydrogens is 320 g/mol. The fraction of sp³-hybridized carbons (Fsp3) is 0.263. The number of benzene rings is 2. The standard InChI is InChI=1S/C19H18N2O4/c22-18-5-2-8-21(18)15-4-1-3-13(11-15)19(23)20-14-6-7-16-17(12-14)25-10-9-24-16/h1,3-4,6-7,11-12H,2,5,8-10H2,(H,20,23). The third kappa shape index (κ3) is 3.15. The van der Waals surface area contributed by atoms with Gasteiger partial charge in [-0.3, -0.25) is 9.59 Å². The number of nitrogens with one attached hydrogen (secondary N) is 1. The van der Waals surface area contributed by atoms with Crippen LogP contribution < -0.4 is 19.7 Å². The van der Waals surface area contributed by atoms with Crippen molar-refractivity contribution >= 4 is 23.2 Å². The summed E-state index contributed by atoms with van der Waals surface area (Å²) in [6.07, 6.45) is 1.42. The maximum Gasteiger partial charge on any atom is 0.255 e. The first-order chi connectivity index (χ1) is 12.2. The zero-order valence-electron chi connectivity index (χ0n) is 13.7. The quantitative estimate of drug-likeness (QED) is 0.934. The maximum absolute atomic E-state index is 12.5. The highest BCUT2D eigenvalue weighted by Crippen LogP contribution is 2.32. The van der Waals surface area contributed by atoms with Crippen molar-refractivity contribution in [1.82, 2.24) is 0 Å². The summed E-state index contributed by atoms with van der Waals surface area (Å²) in [5.74, 6) is 1.17. The zero-order chi connectivity index (χ0) is 17.2. The highest BCUT2D eigenvalue weighted by molar-refractivity contribution is 6.05. The van der Waals surface area contributed by atoms with Gasteiger partial charge in [0.25, 0.3) is 5.91 Å². The zero-order valence-corrected chi connectivity index (χ0v) is 13.7. The van der Waals surface area contributed by atoms with Gasteiger partial charge in [0.15, 0.2) is 11.5 Å². The van der Waals surface area contributed by atoms with Crippen LogP contribution in [0.4, 0.5) is 11.4 Å². The van der Waals surface area contributed by atoms with Crippen LogP contribution in [0.3, 0.4) is 0 Å². The molecule has 0 aliphatic carbocycles. The van der Waals surface area contributed by atoms with Gasteiger partial charge in [-0.1, -0.05) is 6.07 Å². The highest BCUT2D eigenvalue weighted by atomic mass is 16.6. The summed E-state index contributed by atoms with van der Waals surface area (Å²) in [5.41, 5.74) is 1.90. The number of fused-ring (bicyclic) bond motifs is 1. The summed E-state index contributed by atoms with van der Waals surface area (Å²) in [6, 6.07) is 12.4. The molecule has 128 valence electrons. The van der Waals surface area contributed by atoms with Gasteiger partial charge in [-0.15, -0.1) is 0 Å². The third-order valence-corrected chi connectivity index (χ3v) is 4.29. The van der Waals surface area contributed by atoms with Crippen LogP contribution in [0.5, 0.6) is 11.5 Å². The van der Waals surface area contributed by atoms with Crippen molar-refractivity contribution in [1.29, 1.82) is 0 Å². The minimum absolute atomic E-state index is 0.101. The van der Waals surface area contributed by atoms with E-state index < -0.39 is 0 Å². The van der Waals surface area contributed by atoms with Crippen LogP contribution in [-0.2, 0) is 4.79 Å². The summed E-state index contributed by atoms with van der Waals surface area (Å²) >= 11 is 0. The van der Waals surface area contributed by atoms with Gasteiger partial charge in [-0.05, 0) is 36.8 Å². The summed E-state index contributed by atoms with van der Waals surface area (Å²) in [4.78, 5) is 26.2. The van der Waals surface area contributed by atoms with Gasteiger partial charge in [0.2, 0.25) is 5.91 Å². The predicted molar refractivity (Wildman–Crippen MR) is 93.4 cm³/mol. The molecule has 1 fully saturated rings. The summed E-state index contributed by atoms with van der Waals surface area (Å²) in [5, 5.41) is 2.86. The Morgan fingerprint density at radius 3 is 2.68 bits per heavy atom. The van der Waals surface area contributed by atoms with E-state index in [1.807, 2.05) is 6.07 Å². The van der Waals surface area contributed by atoms with Crippen LogP contribution in [0.2, 0.25) is 0 Å². The molecule has 0 aromatic heterocycles. The van der Waals surface area contributed by atoms with Gasteiger partial charge in [0.05, 0.1) is 0 Å². The number of rotatable bonds is 3. The van der Waals surface area contributed by atoms with Gasteiger partial charge >= 0.3 is 0 Å². The maximum atomic E-state index is 12.5. The number of hydrogen-bond acceptors (Lipinski definition) is 4. The normalized spacial score (nSPS) is 16.0. The second-order valence-corrected chi connectivity index (χ2v) is 6.01. The molecule has 2 aliphatic heterocycles. The van der Waals surface area contributed by atoms with Crippen molar-refractivity contribution in [3.63, 3.8) is 0 Å². The molecule has 4 rings (SSSR count). The van der Waals surface area contributed by atoms with Crippen molar-refractivity contribution in [2.24, 2.45) is 0 Å². The van der Waals surface area contributed by atoms with Crippen molar-refractivity contribution in [3.05, 3.63) is 48.0 Å². The molecular formula is C19H18N2O4. The molecule has 0 bridgehead atoms. The van der Waals surface area contributed by atoms with E-state index in [2.05, 4.69) is 5.32 Å². The predicted octanol–water partition coefficient (Wildman–Crippen LogP) is 2.84. The van der Waals surface area contributed by atoms with Crippen molar-refractivity contribution < 1.29 is 19.1 Å². The molecule has 0 saturated carbocycles. The van der Waals surface area contributed by atoms with E-state index in [0.717, 1.165) is 12.1 Å². The lowest BCUT2D eigenvalue weighted by Crippen LogP contribution is -2.24. The largest absolute Gasteiger partial charge is 0.486 e.